The van der Waals surface area contributed by atoms with Gasteiger partial charge in [0.1, 0.15) is 30.9 Å². The molecule has 0 aliphatic rings. The molecule has 0 atom stereocenters. The summed E-state index contributed by atoms with van der Waals surface area (Å²) in [6.07, 6.45) is 6.99. The van der Waals surface area contributed by atoms with Crippen LogP contribution in [0.15, 0.2) is 59.8 Å². The van der Waals surface area contributed by atoms with Crippen molar-refractivity contribution < 1.29 is 19.0 Å². The van der Waals surface area contributed by atoms with Crippen molar-refractivity contribution in [2.45, 2.75) is 40.0 Å². The van der Waals surface area contributed by atoms with Crippen LogP contribution in [0.2, 0.25) is 0 Å². The van der Waals surface area contributed by atoms with E-state index in [0.717, 1.165) is 53.2 Å². The predicted molar refractivity (Wildman–Crippen MR) is 126 cm³/mol. The van der Waals surface area contributed by atoms with Crippen LogP contribution >= 0.6 is 0 Å². The highest BCUT2D eigenvalue weighted by Crippen LogP contribution is 2.28. The normalized spacial score (nSPS) is 11.7. The van der Waals surface area contributed by atoms with E-state index in [9.17, 15) is 0 Å². The molecule has 0 aromatic heterocycles. The topological polar surface area (TPSA) is 49.3 Å². The SMILES string of the molecule is C/C=C/COc1cc(C)c(OCCCCCOC/C(=N/OC)c2ccccc2)c(C)c1. The first kappa shape index (κ1) is 24.5. The minimum Gasteiger partial charge on any atom is -0.493 e. The second-order valence-electron chi connectivity index (χ2n) is 7.31. The zero-order valence-corrected chi connectivity index (χ0v) is 19.2. The summed E-state index contributed by atoms with van der Waals surface area (Å²) in [6.45, 7) is 8.51. The van der Waals surface area contributed by atoms with Crippen molar-refractivity contribution in [1.82, 2.24) is 0 Å². The summed E-state index contributed by atoms with van der Waals surface area (Å²) in [6, 6.07) is 14.0. The Hall–Kier alpha value is -2.79. The van der Waals surface area contributed by atoms with Crippen LogP contribution in [0.4, 0.5) is 0 Å². The van der Waals surface area contributed by atoms with Gasteiger partial charge in [0.15, 0.2) is 0 Å². The van der Waals surface area contributed by atoms with Crippen molar-refractivity contribution in [2.24, 2.45) is 5.16 Å². The lowest BCUT2D eigenvalue weighted by atomic mass is 10.1. The van der Waals surface area contributed by atoms with E-state index in [1.54, 1.807) is 7.11 Å². The van der Waals surface area contributed by atoms with Gasteiger partial charge in [-0.1, -0.05) is 47.6 Å². The Labute approximate surface area is 186 Å². The number of benzene rings is 2. The molecule has 31 heavy (non-hydrogen) atoms. The third-order valence-corrected chi connectivity index (χ3v) is 4.74. The highest BCUT2D eigenvalue weighted by molar-refractivity contribution is 6.01. The number of rotatable bonds is 14. The molecule has 0 saturated heterocycles. The van der Waals surface area contributed by atoms with Crippen LogP contribution in [0, 0.1) is 13.8 Å². The van der Waals surface area contributed by atoms with Crippen molar-refractivity contribution >= 4 is 5.71 Å². The summed E-state index contributed by atoms with van der Waals surface area (Å²) < 4.78 is 17.6. The molecule has 2 aromatic rings. The lowest BCUT2D eigenvalue weighted by Gasteiger charge is -2.14. The summed E-state index contributed by atoms with van der Waals surface area (Å²) in [7, 11) is 1.55. The summed E-state index contributed by atoms with van der Waals surface area (Å²) in [4.78, 5) is 4.94. The van der Waals surface area contributed by atoms with Crippen molar-refractivity contribution in [2.75, 3.05) is 33.5 Å². The van der Waals surface area contributed by atoms with Gasteiger partial charge in [-0.25, -0.2) is 0 Å². The first-order valence-electron chi connectivity index (χ1n) is 10.9. The van der Waals surface area contributed by atoms with Gasteiger partial charge in [0.2, 0.25) is 0 Å². The van der Waals surface area contributed by atoms with Gasteiger partial charge in [0, 0.05) is 12.2 Å². The average molecular weight is 426 g/mol. The molecule has 2 rings (SSSR count). The Morgan fingerprint density at radius 1 is 0.935 bits per heavy atom. The molecule has 0 fully saturated rings. The van der Waals surface area contributed by atoms with Gasteiger partial charge in [0.25, 0.3) is 0 Å². The maximum Gasteiger partial charge on any atom is 0.125 e. The summed E-state index contributed by atoms with van der Waals surface area (Å²) >= 11 is 0. The number of unbranched alkanes of at least 4 members (excludes halogenated alkanes) is 2. The van der Waals surface area contributed by atoms with Crippen LogP contribution in [0.1, 0.15) is 42.9 Å². The second-order valence-corrected chi connectivity index (χ2v) is 7.31. The smallest absolute Gasteiger partial charge is 0.125 e. The standard InChI is InChI=1S/C26H35NO4/c1-5-6-16-30-24-18-21(2)26(22(3)19-24)31-17-12-8-11-15-29-20-25(27-28-4)23-13-9-7-10-14-23/h5-7,9-10,13-14,18-19H,8,11-12,15-17,20H2,1-4H3/b6-5+,27-25-. The third kappa shape index (κ3) is 8.85. The fourth-order valence-electron chi connectivity index (χ4n) is 3.19. The van der Waals surface area contributed by atoms with E-state index >= 15 is 0 Å². The number of hydrogen-bond donors (Lipinski definition) is 0. The molecular formula is C26H35NO4. The first-order chi connectivity index (χ1) is 15.2. The molecule has 0 unspecified atom stereocenters. The highest BCUT2D eigenvalue weighted by Gasteiger charge is 2.08. The van der Waals surface area contributed by atoms with Crippen LogP contribution in [0.3, 0.4) is 0 Å². The number of hydrogen-bond acceptors (Lipinski definition) is 5. The molecule has 0 spiro atoms. The van der Waals surface area contributed by atoms with Gasteiger partial charge in [-0.05, 0) is 63.3 Å². The number of nitrogens with zero attached hydrogens (tertiary/aromatic N) is 1. The molecule has 0 radical (unpaired) electrons. The van der Waals surface area contributed by atoms with Crippen LogP contribution in [0.5, 0.6) is 11.5 Å². The zero-order valence-electron chi connectivity index (χ0n) is 19.2. The summed E-state index contributed by atoms with van der Waals surface area (Å²) in [5, 5.41) is 4.08. The van der Waals surface area contributed by atoms with Crippen molar-refractivity contribution in [1.29, 1.82) is 0 Å². The lowest BCUT2D eigenvalue weighted by Crippen LogP contribution is -2.12. The van der Waals surface area contributed by atoms with Crippen molar-refractivity contribution in [3.05, 3.63) is 71.3 Å². The van der Waals surface area contributed by atoms with E-state index in [2.05, 4.69) is 19.0 Å². The minimum atomic E-state index is 0.440. The third-order valence-electron chi connectivity index (χ3n) is 4.74. The summed E-state index contributed by atoms with van der Waals surface area (Å²) in [5.41, 5.74) is 4.02. The van der Waals surface area contributed by atoms with Gasteiger partial charge >= 0.3 is 0 Å². The van der Waals surface area contributed by atoms with Crippen LogP contribution in [-0.2, 0) is 9.57 Å². The molecule has 2 aromatic carbocycles. The highest BCUT2D eigenvalue weighted by atomic mass is 16.6. The molecular weight excluding hydrogens is 390 g/mol. The second kappa shape index (κ2) is 14.3. The fourth-order valence-corrected chi connectivity index (χ4v) is 3.19. The van der Waals surface area contributed by atoms with Gasteiger partial charge in [-0.15, -0.1) is 0 Å². The van der Waals surface area contributed by atoms with E-state index in [4.69, 9.17) is 19.0 Å². The largest absolute Gasteiger partial charge is 0.493 e. The van der Waals surface area contributed by atoms with E-state index < -0.39 is 0 Å². The fraction of sp³-hybridized carbons (Fsp3) is 0.423. The molecule has 0 heterocycles. The van der Waals surface area contributed by atoms with Gasteiger partial charge in [0.05, 0.1) is 13.2 Å². The molecule has 0 amide bonds. The molecule has 0 aliphatic heterocycles. The Kier molecular flexibility index (Phi) is 11.3. The van der Waals surface area contributed by atoms with Crippen LogP contribution in [-0.4, -0.2) is 39.2 Å². The van der Waals surface area contributed by atoms with E-state index in [0.29, 0.717) is 26.4 Å². The van der Waals surface area contributed by atoms with Crippen molar-refractivity contribution in [3.63, 3.8) is 0 Å². The Morgan fingerprint density at radius 2 is 1.65 bits per heavy atom. The first-order valence-corrected chi connectivity index (χ1v) is 10.9. The minimum absolute atomic E-state index is 0.440. The van der Waals surface area contributed by atoms with Gasteiger partial charge < -0.3 is 19.0 Å². The van der Waals surface area contributed by atoms with Crippen molar-refractivity contribution in [3.8, 4) is 11.5 Å². The molecule has 5 nitrogen and oxygen atoms in total. The molecule has 168 valence electrons. The van der Waals surface area contributed by atoms with Gasteiger partial charge in [-0.2, -0.15) is 0 Å². The molecule has 0 bridgehead atoms. The van der Waals surface area contributed by atoms with E-state index in [1.165, 1.54) is 0 Å². The predicted octanol–water partition coefficient (Wildman–Crippen LogP) is 5.87. The number of allylic oxidation sites excluding steroid dienone is 1. The molecule has 0 N–H and O–H groups in total. The summed E-state index contributed by atoms with van der Waals surface area (Å²) in [5.74, 6) is 1.84. The lowest BCUT2D eigenvalue weighted by molar-refractivity contribution is 0.157. The maximum absolute atomic E-state index is 6.04. The monoisotopic (exact) mass is 425 g/mol. The number of oxime groups is 1. The van der Waals surface area contributed by atoms with Crippen LogP contribution in [0.25, 0.3) is 0 Å². The number of ether oxygens (including phenoxy) is 3. The van der Waals surface area contributed by atoms with Crippen LogP contribution < -0.4 is 9.47 Å². The average Bonchev–Trinajstić information content (AvgIpc) is 2.77. The van der Waals surface area contributed by atoms with E-state index in [-0.39, 0.29) is 0 Å². The molecule has 0 aliphatic carbocycles. The Morgan fingerprint density at radius 3 is 2.32 bits per heavy atom. The number of aryl methyl sites for hydroxylation is 2. The molecule has 5 heteroatoms. The Bertz CT molecular complexity index is 808. The Balaban J connectivity index is 1.65. The van der Waals surface area contributed by atoms with E-state index in [1.807, 2.05) is 61.5 Å². The maximum atomic E-state index is 6.04. The van der Waals surface area contributed by atoms with Gasteiger partial charge in [-0.3, -0.25) is 0 Å². The molecule has 0 saturated carbocycles. The zero-order chi connectivity index (χ0) is 22.3. The quantitative estimate of drug-likeness (QED) is 0.164.